The second kappa shape index (κ2) is 8.81. The maximum absolute atomic E-state index is 5.77. The Balaban J connectivity index is 2.69. The Morgan fingerprint density at radius 3 is 2.53 bits per heavy atom. The van der Waals surface area contributed by atoms with Crippen molar-refractivity contribution in [2.75, 3.05) is 13.2 Å². The number of ether oxygens (including phenoxy) is 2. The van der Waals surface area contributed by atoms with Gasteiger partial charge in [0.05, 0.1) is 13.2 Å². The third kappa shape index (κ3) is 5.97. The van der Waals surface area contributed by atoms with Crippen LogP contribution >= 0.6 is 0 Å². The van der Waals surface area contributed by atoms with Crippen LogP contribution in [0.2, 0.25) is 0 Å². The van der Waals surface area contributed by atoms with Gasteiger partial charge in [0.1, 0.15) is 0 Å². The van der Waals surface area contributed by atoms with Gasteiger partial charge in [-0.15, -0.1) is 0 Å². The van der Waals surface area contributed by atoms with E-state index in [0.717, 1.165) is 37.5 Å². The van der Waals surface area contributed by atoms with Gasteiger partial charge < -0.3 is 14.8 Å². The van der Waals surface area contributed by atoms with Crippen molar-refractivity contribution in [3.63, 3.8) is 0 Å². The van der Waals surface area contributed by atoms with E-state index in [1.54, 1.807) is 0 Å². The Morgan fingerprint density at radius 2 is 1.89 bits per heavy atom. The molecule has 0 saturated heterocycles. The second-order valence-electron chi connectivity index (χ2n) is 4.95. The molecule has 3 heteroatoms. The smallest absolute Gasteiger partial charge is 0.161 e. The molecule has 0 radical (unpaired) electrons. The van der Waals surface area contributed by atoms with Crippen LogP contribution in [-0.2, 0) is 6.54 Å². The van der Waals surface area contributed by atoms with E-state index in [2.05, 4.69) is 38.2 Å². The zero-order valence-electron chi connectivity index (χ0n) is 12.7. The van der Waals surface area contributed by atoms with E-state index in [9.17, 15) is 0 Å². The van der Waals surface area contributed by atoms with Gasteiger partial charge in [0.25, 0.3) is 0 Å². The lowest BCUT2D eigenvalue weighted by Gasteiger charge is -2.14. The Labute approximate surface area is 117 Å². The van der Waals surface area contributed by atoms with Gasteiger partial charge in [-0.05, 0) is 31.0 Å². The first kappa shape index (κ1) is 15.8. The van der Waals surface area contributed by atoms with Crippen LogP contribution < -0.4 is 14.8 Å². The van der Waals surface area contributed by atoms with Crippen molar-refractivity contribution in [1.29, 1.82) is 0 Å². The molecule has 1 aromatic rings. The van der Waals surface area contributed by atoms with Crippen LogP contribution in [0.15, 0.2) is 18.2 Å². The van der Waals surface area contributed by atoms with Crippen LogP contribution in [0, 0.1) is 0 Å². The van der Waals surface area contributed by atoms with Gasteiger partial charge in [0.2, 0.25) is 0 Å². The van der Waals surface area contributed by atoms with Crippen LogP contribution in [0.3, 0.4) is 0 Å². The Morgan fingerprint density at radius 1 is 1.11 bits per heavy atom. The third-order valence-corrected chi connectivity index (χ3v) is 2.78. The molecule has 0 atom stereocenters. The first-order chi connectivity index (χ1) is 9.17. The molecule has 1 rings (SSSR count). The standard InChI is InChI=1S/C16H27NO2/c1-5-7-10-19-15-9-8-14(12-17-13(3)4)11-16(15)18-6-2/h8-9,11,13,17H,5-7,10,12H2,1-4H3. The molecule has 0 aromatic heterocycles. The minimum absolute atomic E-state index is 0.482. The zero-order valence-corrected chi connectivity index (χ0v) is 12.7. The monoisotopic (exact) mass is 265 g/mol. The van der Waals surface area contributed by atoms with Crippen LogP contribution in [0.5, 0.6) is 11.5 Å². The fourth-order valence-corrected chi connectivity index (χ4v) is 1.70. The van der Waals surface area contributed by atoms with E-state index in [4.69, 9.17) is 9.47 Å². The zero-order chi connectivity index (χ0) is 14.1. The fourth-order valence-electron chi connectivity index (χ4n) is 1.70. The number of hydrogen-bond acceptors (Lipinski definition) is 3. The summed E-state index contributed by atoms with van der Waals surface area (Å²) in [4.78, 5) is 0. The van der Waals surface area contributed by atoms with Gasteiger partial charge in [0.15, 0.2) is 11.5 Å². The van der Waals surface area contributed by atoms with Gasteiger partial charge in [-0.3, -0.25) is 0 Å². The molecule has 0 spiro atoms. The second-order valence-corrected chi connectivity index (χ2v) is 4.95. The molecular weight excluding hydrogens is 238 g/mol. The summed E-state index contributed by atoms with van der Waals surface area (Å²) in [5, 5.41) is 3.41. The topological polar surface area (TPSA) is 30.5 Å². The molecule has 0 saturated carbocycles. The number of nitrogens with one attached hydrogen (secondary N) is 1. The van der Waals surface area contributed by atoms with Gasteiger partial charge in [-0.25, -0.2) is 0 Å². The summed E-state index contributed by atoms with van der Waals surface area (Å²) in [6, 6.07) is 6.66. The van der Waals surface area contributed by atoms with E-state index in [-0.39, 0.29) is 0 Å². The lowest BCUT2D eigenvalue weighted by molar-refractivity contribution is 0.272. The van der Waals surface area contributed by atoms with E-state index >= 15 is 0 Å². The molecule has 0 aliphatic heterocycles. The van der Waals surface area contributed by atoms with E-state index < -0.39 is 0 Å². The maximum Gasteiger partial charge on any atom is 0.161 e. The highest BCUT2D eigenvalue weighted by molar-refractivity contribution is 5.43. The normalized spacial score (nSPS) is 10.8. The summed E-state index contributed by atoms with van der Waals surface area (Å²) in [7, 11) is 0. The molecule has 0 fully saturated rings. The first-order valence-electron chi connectivity index (χ1n) is 7.29. The van der Waals surface area contributed by atoms with Crippen molar-refractivity contribution in [2.24, 2.45) is 0 Å². The van der Waals surface area contributed by atoms with Crippen LogP contribution in [-0.4, -0.2) is 19.3 Å². The summed E-state index contributed by atoms with van der Waals surface area (Å²) in [6.07, 6.45) is 2.21. The lowest BCUT2D eigenvalue weighted by Crippen LogP contribution is -2.21. The number of hydrogen-bond donors (Lipinski definition) is 1. The Kier molecular flexibility index (Phi) is 7.34. The number of unbranched alkanes of at least 4 members (excludes halogenated alkanes) is 1. The van der Waals surface area contributed by atoms with Crippen molar-refractivity contribution in [2.45, 2.75) is 53.1 Å². The first-order valence-corrected chi connectivity index (χ1v) is 7.29. The number of rotatable bonds is 9. The van der Waals surface area contributed by atoms with E-state index in [1.807, 2.05) is 13.0 Å². The predicted octanol–water partition coefficient (Wildman–Crippen LogP) is 3.76. The molecule has 0 aliphatic rings. The van der Waals surface area contributed by atoms with Crippen LogP contribution in [0.1, 0.15) is 46.1 Å². The average molecular weight is 265 g/mol. The highest BCUT2D eigenvalue weighted by atomic mass is 16.5. The molecule has 1 aromatic carbocycles. The molecule has 0 bridgehead atoms. The van der Waals surface area contributed by atoms with Gasteiger partial charge in [-0.1, -0.05) is 33.3 Å². The van der Waals surface area contributed by atoms with Gasteiger partial charge >= 0.3 is 0 Å². The molecular formula is C16H27NO2. The quantitative estimate of drug-likeness (QED) is 0.690. The molecule has 0 heterocycles. The number of benzene rings is 1. The summed E-state index contributed by atoms with van der Waals surface area (Å²) in [5.41, 5.74) is 1.22. The summed E-state index contributed by atoms with van der Waals surface area (Å²) >= 11 is 0. The molecule has 0 amide bonds. The highest BCUT2D eigenvalue weighted by Gasteiger charge is 2.06. The largest absolute Gasteiger partial charge is 0.490 e. The van der Waals surface area contributed by atoms with E-state index in [1.165, 1.54) is 5.56 Å². The minimum Gasteiger partial charge on any atom is -0.490 e. The van der Waals surface area contributed by atoms with Gasteiger partial charge in [0, 0.05) is 12.6 Å². The molecule has 3 nitrogen and oxygen atoms in total. The van der Waals surface area contributed by atoms with Crippen molar-refractivity contribution < 1.29 is 9.47 Å². The van der Waals surface area contributed by atoms with Crippen LogP contribution in [0.4, 0.5) is 0 Å². The molecule has 108 valence electrons. The molecule has 0 aliphatic carbocycles. The van der Waals surface area contributed by atoms with Crippen molar-refractivity contribution in [1.82, 2.24) is 5.32 Å². The Bertz CT molecular complexity index is 364. The Hall–Kier alpha value is -1.22. The summed E-state index contributed by atoms with van der Waals surface area (Å²) in [6.45, 7) is 10.7. The van der Waals surface area contributed by atoms with Gasteiger partial charge in [-0.2, -0.15) is 0 Å². The maximum atomic E-state index is 5.77. The summed E-state index contributed by atoms with van der Waals surface area (Å²) < 4.78 is 11.4. The highest BCUT2D eigenvalue weighted by Crippen LogP contribution is 2.28. The average Bonchev–Trinajstić information content (AvgIpc) is 2.39. The van der Waals surface area contributed by atoms with Crippen molar-refractivity contribution in [3.05, 3.63) is 23.8 Å². The molecule has 0 unspecified atom stereocenters. The summed E-state index contributed by atoms with van der Waals surface area (Å²) in [5.74, 6) is 1.70. The minimum atomic E-state index is 0.482. The van der Waals surface area contributed by atoms with Crippen molar-refractivity contribution >= 4 is 0 Å². The van der Waals surface area contributed by atoms with Crippen molar-refractivity contribution in [3.8, 4) is 11.5 Å². The third-order valence-electron chi connectivity index (χ3n) is 2.78. The SMILES string of the molecule is CCCCOc1ccc(CNC(C)C)cc1OCC. The van der Waals surface area contributed by atoms with E-state index in [0.29, 0.717) is 12.6 Å². The predicted molar refractivity (Wildman–Crippen MR) is 80.0 cm³/mol. The fraction of sp³-hybridized carbons (Fsp3) is 0.625. The molecule has 19 heavy (non-hydrogen) atoms. The van der Waals surface area contributed by atoms with Crippen LogP contribution in [0.25, 0.3) is 0 Å². The molecule has 1 N–H and O–H groups in total. The lowest BCUT2D eigenvalue weighted by atomic mass is 10.2.